The topological polar surface area (TPSA) is 52.3 Å². The largest absolute Gasteiger partial charge is 0.456 e. The molecule has 0 aliphatic carbocycles. The number of nitrogen functional groups attached to an aromatic ring is 1. The fraction of sp³-hybridized carbons (Fsp3) is 0.0714. The van der Waals surface area contributed by atoms with Gasteiger partial charge in [-0.1, -0.05) is 27.5 Å². The van der Waals surface area contributed by atoms with E-state index in [1.54, 1.807) is 30.3 Å². The lowest BCUT2D eigenvalue weighted by atomic mass is 10.1. The molecule has 2 aromatic rings. The van der Waals surface area contributed by atoms with Gasteiger partial charge in [0.25, 0.3) is 0 Å². The van der Waals surface area contributed by atoms with Crippen molar-refractivity contribution in [1.29, 1.82) is 0 Å². The standard InChI is InChI=1S/C14H11BrClNO2/c1-8(18)11-4-3-10(7-13(11)17)19-14-6-9(15)2-5-12(14)16/h2-7H,17H2,1H3. The number of carbonyl (C=O) groups is 1. The molecule has 0 unspecified atom stereocenters. The second kappa shape index (κ2) is 5.63. The van der Waals surface area contributed by atoms with Gasteiger partial charge in [-0.3, -0.25) is 4.79 Å². The van der Waals surface area contributed by atoms with Gasteiger partial charge in [-0.05, 0) is 37.3 Å². The van der Waals surface area contributed by atoms with Crippen molar-refractivity contribution >= 4 is 39.0 Å². The number of Topliss-reactive ketones (excluding diaryl/α,β-unsaturated/α-hetero) is 1. The monoisotopic (exact) mass is 339 g/mol. The van der Waals surface area contributed by atoms with Crippen LogP contribution < -0.4 is 10.5 Å². The molecule has 0 amide bonds. The van der Waals surface area contributed by atoms with Crippen molar-refractivity contribution < 1.29 is 9.53 Å². The third-order valence-electron chi connectivity index (χ3n) is 2.52. The molecule has 19 heavy (non-hydrogen) atoms. The molecule has 0 saturated heterocycles. The lowest BCUT2D eigenvalue weighted by Gasteiger charge is -2.10. The average molecular weight is 341 g/mol. The fourth-order valence-corrected chi connectivity index (χ4v) is 2.10. The first-order valence-corrected chi connectivity index (χ1v) is 6.68. The van der Waals surface area contributed by atoms with E-state index in [4.69, 9.17) is 22.1 Å². The normalized spacial score (nSPS) is 10.3. The van der Waals surface area contributed by atoms with E-state index in [0.717, 1.165) is 4.47 Å². The van der Waals surface area contributed by atoms with E-state index in [1.807, 2.05) is 6.07 Å². The predicted octanol–water partition coefficient (Wildman–Crippen LogP) is 4.68. The summed E-state index contributed by atoms with van der Waals surface area (Å²) < 4.78 is 6.51. The Hall–Kier alpha value is -1.52. The molecule has 0 aliphatic heterocycles. The minimum Gasteiger partial charge on any atom is -0.456 e. The number of carbonyl (C=O) groups excluding carboxylic acids is 1. The molecule has 0 heterocycles. The van der Waals surface area contributed by atoms with Crippen molar-refractivity contribution in [2.24, 2.45) is 0 Å². The summed E-state index contributed by atoms with van der Waals surface area (Å²) in [5.41, 5.74) is 6.67. The lowest BCUT2D eigenvalue weighted by molar-refractivity contribution is 0.101. The molecule has 0 aliphatic rings. The van der Waals surface area contributed by atoms with E-state index in [2.05, 4.69) is 15.9 Å². The molecule has 3 nitrogen and oxygen atoms in total. The van der Waals surface area contributed by atoms with Crippen molar-refractivity contribution in [3.63, 3.8) is 0 Å². The van der Waals surface area contributed by atoms with Crippen LogP contribution in [0.4, 0.5) is 5.69 Å². The highest BCUT2D eigenvalue weighted by atomic mass is 79.9. The number of ketones is 1. The van der Waals surface area contributed by atoms with Crippen LogP contribution in [-0.4, -0.2) is 5.78 Å². The maximum Gasteiger partial charge on any atom is 0.161 e. The van der Waals surface area contributed by atoms with Gasteiger partial charge < -0.3 is 10.5 Å². The second-order valence-electron chi connectivity index (χ2n) is 3.98. The van der Waals surface area contributed by atoms with Gasteiger partial charge in [-0.2, -0.15) is 0 Å². The Balaban J connectivity index is 2.31. The number of nitrogens with two attached hydrogens (primary N) is 1. The van der Waals surface area contributed by atoms with E-state index in [0.29, 0.717) is 27.8 Å². The highest BCUT2D eigenvalue weighted by molar-refractivity contribution is 9.10. The Labute approximate surface area is 124 Å². The number of ether oxygens (including phenoxy) is 1. The van der Waals surface area contributed by atoms with Gasteiger partial charge in [0.15, 0.2) is 5.78 Å². The summed E-state index contributed by atoms with van der Waals surface area (Å²) in [5.74, 6) is 0.970. The van der Waals surface area contributed by atoms with E-state index in [9.17, 15) is 4.79 Å². The second-order valence-corrected chi connectivity index (χ2v) is 5.30. The minimum atomic E-state index is -0.0791. The molecule has 0 spiro atoms. The molecule has 5 heteroatoms. The summed E-state index contributed by atoms with van der Waals surface area (Å²) in [6, 6.07) is 10.2. The zero-order valence-corrected chi connectivity index (χ0v) is 12.5. The van der Waals surface area contributed by atoms with Crippen molar-refractivity contribution in [2.45, 2.75) is 6.92 Å². The van der Waals surface area contributed by atoms with Crippen LogP contribution in [-0.2, 0) is 0 Å². The molecule has 0 atom stereocenters. The summed E-state index contributed by atoms with van der Waals surface area (Å²) in [7, 11) is 0. The molecule has 0 radical (unpaired) electrons. The zero-order valence-electron chi connectivity index (χ0n) is 10.1. The van der Waals surface area contributed by atoms with Gasteiger partial charge in [-0.15, -0.1) is 0 Å². The van der Waals surface area contributed by atoms with Gasteiger partial charge in [0.2, 0.25) is 0 Å². The minimum absolute atomic E-state index is 0.0791. The molecule has 2 aromatic carbocycles. The Morgan fingerprint density at radius 3 is 2.63 bits per heavy atom. The molecular formula is C14H11BrClNO2. The number of benzene rings is 2. The van der Waals surface area contributed by atoms with E-state index in [-0.39, 0.29) is 5.78 Å². The maximum atomic E-state index is 11.3. The van der Waals surface area contributed by atoms with Gasteiger partial charge >= 0.3 is 0 Å². The van der Waals surface area contributed by atoms with Crippen LogP contribution in [0.25, 0.3) is 0 Å². The highest BCUT2D eigenvalue weighted by Crippen LogP contribution is 2.33. The van der Waals surface area contributed by atoms with Crippen LogP contribution in [0.5, 0.6) is 11.5 Å². The number of hydrogen-bond donors (Lipinski definition) is 1. The molecule has 0 fully saturated rings. The number of hydrogen-bond acceptors (Lipinski definition) is 3. The smallest absolute Gasteiger partial charge is 0.161 e. The van der Waals surface area contributed by atoms with Crippen LogP contribution >= 0.6 is 27.5 Å². The third-order valence-corrected chi connectivity index (χ3v) is 3.33. The molecule has 98 valence electrons. The highest BCUT2D eigenvalue weighted by Gasteiger charge is 2.08. The number of halogens is 2. The maximum absolute atomic E-state index is 11.3. The van der Waals surface area contributed by atoms with E-state index >= 15 is 0 Å². The van der Waals surface area contributed by atoms with E-state index in [1.165, 1.54) is 6.92 Å². The predicted molar refractivity (Wildman–Crippen MR) is 80.1 cm³/mol. The molecule has 0 saturated carbocycles. The average Bonchev–Trinajstić information content (AvgIpc) is 2.33. The lowest BCUT2D eigenvalue weighted by Crippen LogP contribution is -1.99. The van der Waals surface area contributed by atoms with Crippen LogP contribution in [0.15, 0.2) is 40.9 Å². The zero-order chi connectivity index (χ0) is 14.0. The van der Waals surface area contributed by atoms with Crippen LogP contribution in [0, 0.1) is 0 Å². The molecule has 0 aromatic heterocycles. The van der Waals surface area contributed by atoms with Gasteiger partial charge in [0.1, 0.15) is 11.5 Å². The van der Waals surface area contributed by atoms with Crippen molar-refractivity contribution in [1.82, 2.24) is 0 Å². The molecule has 2 N–H and O–H groups in total. The molecule has 2 rings (SSSR count). The molecular weight excluding hydrogens is 330 g/mol. The Kier molecular flexibility index (Phi) is 4.12. The number of anilines is 1. The Morgan fingerprint density at radius 2 is 2.00 bits per heavy atom. The third kappa shape index (κ3) is 3.28. The van der Waals surface area contributed by atoms with Crippen molar-refractivity contribution in [3.8, 4) is 11.5 Å². The summed E-state index contributed by atoms with van der Waals surface area (Å²) in [6.45, 7) is 1.47. The number of rotatable bonds is 3. The van der Waals surface area contributed by atoms with Crippen molar-refractivity contribution in [2.75, 3.05) is 5.73 Å². The Bertz CT molecular complexity index is 643. The summed E-state index contributed by atoms with van der Waals surface area (Å²) >= 11 is 9.38. The summed E-state index contributed by atoms with van der Waals surface area (Å²) in [5, 5.41) is 0.498. The quantitative estimate of drug-likeness (QED) is 0.652. The first kappa shape index (κ1) is 13.9. The summed E-state index contributed by atoms with van der Waals surface area (Å²) in [6.07, 6.45) is 0. The fourth-order valence-electron chi connectivity index (χ4n) is 1.61. The SMILES string of the molecule is CC(=O)c1ccc(Oc2cc(Br)ccc2Cl)cc1N. The Morgan fingerprint density at radius 1 is 1.26 bits per heavy atom. The summed E-state index contributed by atoms with van der Waals surface area (Å²) in [4.78, 5) is 11.3. The van der Waals surface area contributed by atoms with E-state index < -0.39 is 0 Å². The molecule has 0 bridgehead atoms. The first-order valence-electron chi connectivity index (χ1n) is 5.51. The van der Waals surface area contributed by atoms with Crippen LogP contribution in [0.3, 0.4) is 0 Å². The van der Waals surface area contributed by atoms with Crippen LogP contribution in [0.1, 0.15) is 17.3 Å². The van der Waals surface area contributed by atoms with Crippen molar-refractivity contribution in [3.05, 3.63) is 51.5 Å². The van der Waals surface area contributed by atoms with Crippen LogP contribution in [0.2, 0.25) is 5.02 Å². The van der Waals surface area contributed by atoms with Gasteiger partial charge in [-0.25, -0.2) is 0 Å². The van der Waals surface area contributed by atoms with Gasteiger partial charge in [0, 0.05) is 21.8 Å². The first-order chi connectivity index (χ1) is 8.97. The van der Waals surface area contributed by atoms with Gasteiger partial charge in [0.05, 0.1) is 5.02 Å².